The normalized spacial score (nSPS) is 29.5. The van der Waals surface area contributed by atoms with Gasteiger partial charge in [0.25, 0.3) is 5.91 Å². The Labute approximate surface area is 87.4 Å². The van der Waals surface area contributed by atoms with E-state index in [1.54, 1.807) is 12.3 Å². The third-order valence-corrected chi connectivity index (χ3v) is 3.26. The predicted molar refractivity (Wildman–Crippen MR) is 52.3 cm³/mol. The van der Waals surface area contributed by atoms with Crippen LogP contribution in [0.2, 0.25) is 0 Å². The fourth-order valence-corrected chi connectivity index (χ4v) is 2.40. The number of nitrogens with one attached hydrogen (secondary N) is 1. The highest BCUT2D eigenvalue weighted by molar-refractivity contribution is 5.92. The summed E-state index contributed by atoms with van der Waals surface area (Å²) in [6, 6.07) is 1.72. The van der Waals surface area contributed by atoms with Crippen LogP contribution in [0.5, 0.6) is 0 Å². The minimum atomic E-state index is 0.0573. The van der Waals surface area contributed by atoms with Crippen LogP contribution >= 0.6 is 0 Å². The van der Waals surface area contributed by atoms with E-state index in [2.05, 4.69) is 10.2 Å². The average molecular weight is 207 g/mol. The molecule has 2 atom stereocenters. The van der Waals surface area contributed by atoms with Crippen molar-refractivity contribution < 1.29 is 9.53 Å². The second kappa shape index (κ2) is 3.34. The molecule has 80 valence electrons. The molecular weight excluding hydrogens is 194 g/mol. The third-order valence-electron chi connectivity index (χ3n) is 3.26. The van der Waals surface area contributed by atoms with Gasteiger partial charge >= 0.3 is 0 Å². The minimum Gasteiger partial charge on any atom is -0.381 e. The van der Waals surface area contributed by atoms with Gasteiger partial charge in [0.05, 0.1) is 13.2 Å². The zero-order valence-corrected chi connectivity index (χ0v) is 8.35. The van der Waals surface area contributed by atoms with Crippen molar-refractivity contribution in [1.82, 2.24) is 15.1 Å². The zero-order chi connectivity index (χ0) is 10.3. The molecule has 2 fully saturated rings. The largest absolute Gasteiger partial charge is 0.381 e. The predicted octanol–water partition coefficient (Wildman–Crippen LogP) is 0.128. The van der Waals surface area contributed by atoms with E-state index in [-0.39, 0.29) is 5.91 Å². The van der Waals surface area contributed by atoms with E-state index in [1.165, 1.54) is 0 Å². The number of amides is 1. The number of ether oxygens (including phenoxy) is 1. The Morgan fingerprint density at radius 3 is 2.80 bits per heavy atom. The molecule has 1 N–H and O–H groups in total. The SMILES string of the molecule is O=C(c1ccn[nH]1)N1C[C@H]2COC[C@H]2C1. The van der Waals surface area contributed by atoms with Crippen LogP contribution in [0.3, 0.4) is 0 Å². The highest BCUT2D eigenvalue weighted by atomic mass is 16.5. The number of aromatic nitrogens is 2. The summed E-state index contributed by atoms with van der Waals surface area (Å²) in [7, 11) is 0. The summed E-state index contributed by atoms with van der Waals surface area (Å²) in [5.74, 6) is 1.13. The van der Waals surface area contributed by atoms with Crippen LogP contribution in [0.1, 0.15) is 10.5 Å². The van der Waals surface area contributed by atoms with Gasteiger partial charge in [0.2, 0.25) is 0 Å². The molecule has 0 spiro atoms. The zero-order valence-electron chi connectivity index (χ0n) is 8.35. The average Bonchev–Trinajstić information content (AvgIpc) is 2.92. The number of carbonyl (C=O) groups excluding carboxylic acids is 1. The highest BCUT2D eigenvalue weighted by Gasteiger charge is 2.39. The second-order valence-electron chi connectivity index (χ2n) is 4.24. The first-order valence-electron chi connectivity index (χ1n) is 5.21. The molecule has 1 amide bonds. The van der Waals surface area contributed by atoms with Crippen LogP contribution in [0, 0.1) is 11.8 Å². The van der Waals surface area contributed by atoms with Gasteiger partial charge in [0.1, 0.15) is 5.69 Å². The Bertz CT molecular complexity index is 351. The standard InChI is InChI=1S/C10H13N3O2/c14-10(9-1-2-11-12-9)13-3-7-5-15-6-8(7)4-13/h1-2,7-8H,3-6H2,(H,11,12)/t7-,8+. The van der Waals surface area contributed by atoms with Crippen molar-refractivity contribution in [2.45, 2.75) is 0 Å². The Kier molecular flexibility index (Phi) is 1.98. The molecule has 0 radical (unpaired) electrons. The van der Waals surface area contributed by atoms with Crippen LogP contribution in [-0.4, -0.2) is 47.3 Å². The Balaban J connectivity index is 1.72. The number of likely N-dealkylation sites (tertiary alicyclic amines) is 1. The molecule has 0 unspecified atom stereocenters. The maximum Gasteiger partial charge on any atom is 0.271 e. The number of aromatic amines is 1. The summed E-state index contributed by atoms with van der Waals surface area (Å²) in [6.45, 7) is 3.25. The maximum atomic E-state index is 12.0. The number of hydrogen-bond acceptors (Lipinski definition) is 3. The highest BCUT2D eigenvalue weighted by Crippen LogP contribution is 2.29. The van der Waals surface area contributed by atoms with Gasteiger partial charge in [0, 0.05) is 31.1 Å². The maximum absolute atomic E-state index is 12.0. The molecule has 5 heteroatoms. The van der Waals surface area contributed by atoms with Gasteiger partial charge in [-0.2, -0.15) is 5.10 Å². The Hall–Kier alpha value is -1.36. The summed E-state index contributed by atoms with van der Waals surface area (Å²) in [4.78, 5) is 13.8. The van der Waals surface area contributed by atoms with Gasteiger partial charge in [-0.1, -0.05) is 0 Å². The molecule has 1 aromatic heterocycles. The summed E-state index contributed by atoms with van der Waals surface area (Å²) in [6.07, 6.45) is 1.60. The Morgan fingerprint density at radius 1 is 1.47 bits per heavy atom. The van der Waals surface area contributed by atoms with Crippen molar-refractivity contribution >= 4 is 5.91 Å². The van der Waals surface area contributed by atoms with E-state index < -0.39 is 0 Å². The van der Waals surface area contributed by atoms with Crippen molar-refractivity contribution in [3.8, 4) is 0 Å². The summed E-state index contributed by atoms with van der Waals surface area (Å²) < 4.78 is 5.37. The summed E-state index contributed by atoms with van der Waals surface area (Å²) in [5.41, 5.74) is 0.580. The lowest BCUT2D eigenvalue weighted by atomic mass is 10.0. The first-order chi connectivity index (χ1) is 7.34. The molecule has 2 saturated heterocycles. The topological polar surface area (TPSA) is 58.2 Å². The molecule has 5 nitrogen and oxygen atoms in total. The van der Waals surface area contributed by atoms with Crippen LogP contribution in [0.25, 0.3) is 0 Å². The Morgan fingerprint density at radius 2 is 2.20 bits per heavy atom. The van der Waals surface area contributed by atoms with Gasteiger partial charge in [-0.05, 0) is 6.07 Å². The number of H-pyrrole nitrogens is 1. The van der Waals surface area contributed by atoms with Crippen molar-refractivity contribution in [2.24, 2.45) is 11.8 Å². The van der Waals surface area contributed by atoms with Gasteiger partial charge in [-0.3, -0.25) is 9.89 Å². The van der Waals surface area contributed by atoms with Crippen LogP contribution in [0.15, 0.2) is 12.3 Å². The number of carbonyl (C=O) groups is 1. The van der Waals surface area contributed by atoms with Crippen molar-refractivity contribution in [2.75, 3.05) is 26.3 Å². The van der Waals surface area contributed by atoms with Gasteiger partial charge in [0.15, 0.2) is 0 Å². The third kappa shape index (κ3) is 1.43. The molecule has 1 aromatic rings. The number of fused-ring (bicyclic) bond motifs is 1. The molecule has 2 aliphatic heterocycles. The van der Waals surface area contributed by atoms with Crippen molar-refractivity contribution in [3.05, 3.63) is 18.0 Å². The lowest BCUT2D eigenvalue weighted by molar-refractivity contribution is 0.0745. The summed E-state index contributed by atoms with van der Waals surface area (Å²) >= 11 is 0. The smallest absolute Gasteiger partial charge is 0.271 e. The van der Waals surface area contributed by atoms with Gasteiger partial charge < -0.3 is 9.64 Å². The van der Waals surface area contributed by atoms with E-state index in [1.807, 2.05) is 4.90 Å². The van der Waals surface area contributed by atoms with Crippen LogP contribution < -0.4 is 0 Å². The van der Waals surface area contributed by atoms with E-state index in [0.29, 0.717) is 17.5 Å². The number of rotatable bonds is 1. The molecule has 3 heterocycles. The fraction of sp³-hybridized carbons (Fsp3) is 0.600. The van der Waals surface area contributed by atoms with Crippen molar-refractivity contribution in [1.29, 1.82) is 0 Å². The molecule has 0 aliphatic carbocycles. The lowest BCUT2D eigenvalue weighted by Crippen LogP contribution is -2.30. The van der Waals surface area contributed by atoms with Crippen LogP contribution in [-0.2, 0) is 4.74 Å². The molecule has 0 aromatic carbocycles. The van der Waals surface area contributed by atoms with E-state index in [9.17, 15) is 4.79 Å². The number of hydrogen-bond donors (Lipinski definition) is 1. The fourth-order valence-electron chi connectivity index (χ4n) is 2.40. The van der Waals surface area contributed by atoms with Gasteiger partial charge in [-0.25, -0.2) is 0 Å². The molecule has 3 rings (SSSR count). The molecule has 0 saturated carbocycles. The van der Waals surface area contributed by atoms with Crippen molar-refractivity contribution in [3.63, 3.8) is 0 Å². The number of nitrogens with zero attached hydrogens (tertiary/aromatic N) is 2. The second-order valence-corrected chi connectivity index (χ2v) is 4.24. The van der Waals surface area contributed by atoms with E-state index in [4.69, 9.17) is 4.74 Å². The summed E-state index contributed by atoms with van der Waals surface area (Å²) in [5, 5.41) is 6.50. The lowest BCUT2D eigenvalue weighted by Gasteiger charge is -2.15. The minimum absolute atomic E-state index is 0.0573. The van der Waals surface area contributed by atoms with Crippen LogP contribution in [0.4, 0.5) is 0 Å². The first-order valence-corrected chi connectivity index (χ1v) is 5.21. The molecule has 2 aliphatic rings. The monoisotopic (exact) mass is 207 g/mol. The van der Waals surface area contributed by atoms with Gasteiger partial charge in [-0.15, -0.1) is 0 Å². The molecule has 0 bridgehead atoms. The quantitative estimate of drug-likeness (QED) is 0.712. The van der Waals surface area contributed by atoms with E-state index in [0.717, 1.165) is 26.3 Å². The first kappa shape index (κ1) is 8.91. The molecule has 15 heavy (non-hydrogen) atoms. The molecular formula is C10H13N3O2. The van der Waals surface area contributed by atoms with E-state index >= 15 is 0 Å².